The normalized spacial score (nSPS) is 18.4. The zero-order valence-corrected chi connectivity index (χ0v) is 24.6. The number of benzene rings is 1. The maximum atomic E-state index is 12.9. The van der Waals surface area contributed by atoms with Crippen molar-refractivity contribution in [3.8, 4) is 5.75 Å². The van der Waals surface area contributed by atoms with Gasteiger partial charge >= 0.3 is 0 Å². The number of nitrogens with one attached hydrogen (secondary N) is 2. The van der Waals surface area contributed by atoms with E-state index in [2.05, 4.69) is 56.7 Å². The lowest BCUT2D eigenvalue weighted by Crippen LogP contribution is -2.30. The summed E-state index contributed by atoms with van der Waals surface area (Å²) in [5.74, 6) is 1.36. The Morgan fingerprint density at radius 2 is 1.87 bits per heavy atom. The molecule has 1 aliphatic heterocycles. The van der Waals surface area contributed by atoms with Gasteiger partial charge in [0.1, 0.15) is 10.8 Å². The fraction of sp³-hybridized carbons (Fsp3) is 0.519. The molecule has 1 aromatic carbocycles. The predicted octanol–water partition coefficient (Wildman–Crippen LogP) is 5.54. The van der Waals surface area contributed by atoms with Crippen molar-refractivity contribution in [3.63, 3.8) is 0 Å². The summed E-state index contributed by atoms with van der Waals surface area (Å²) in [5.41, 5.74) is 3.53. The van der Waals surface area contributed by atoms with Crippen LogP contribution in [0.5, 0.6) is 5.75 Å². The van der Waals surface area contributed by atoms with Crippen LogP contribution in [0.3, 0.4) is 0 Å². The van der Waals surface area contributed by atoms with E-state index in [1.807, 2.05) is 0 Å². The lowest BCUT2D eigenvalue weighted by atomic mass is 9.92. The molecular weight excluding hydrogens is 538 g/mol. The Hall–Kier alpha value is -2.89. The van der Waals surface area contributed by atoms with E-state index < -0.39 is 15.1 Å². The number of sulfone groups is 1. The van der Waals surface area contributed by atoms with Crippen LogP contribution >= 0.6 is 11.6 Å². The molecule has 5 rings (SSSR count). The number of aromatic nitrogens is 4. The van der Waals surface area contributed by atoms with Crippen LogP contribution in [0.1, 0.15) is 63.1 Å². The van der Waals surface area contributed by atoms with Gasteiger partial charge in [0.05, 0.1) is 28.9 Å². The van der Waals surface area contributed by atoms with Crippen LogP contribution in [0.4, 0.5) is 23.1 Å². The van der Waals surface area contributed by atoms with Crippen molar-refractivity contribution in [1.29, 1.82) is 0 Å². The molecule has 3 heterocycles. The first-order chi connectivity index (χ1) is 18.5. The third-order valence-corrected chi connectivity index (χ3v) is 9.60. The standard InChI is InChI=1S/C27H36ClN7O3S/c1-16(2)39(36,37)26-22(15-35(5)33-26)30-25-20(28)14-29-27(32-25)31-21-12-17(3)19(13-24(21)38-18-9-10-18)23-8-6-7-11-34(23)4/h12-16,18,23H,6-11H2,1-5H3,(H2,29,30,31,32). The molecule has 10 nitrogen and oxygen atoms in total. The summed E-state index contributed by atoms with van der Waals surface area (Å²) in [4.78, 5) is 11.4. The molecule has 2 aliphatic rings. The second-order valence-corrected chi connectivity index (χ2v) is 13.6. The quantitative estimate of drug-likeness (QED) is 0.340. The molecule has 210 valence electrons. The smallest absolute Gasteiger partial charge is 0.229 e. The molecule has 1 atom stereocenters. The number of hydrogen-bond acceptors (Lipinski definition) is 9. The maximum Gasteiger partial charge on any atom is 0.229 e. The lowest BCUT2D eigenvalue weighted by Gasteiger charge is -2.34. The van der Waals surface area contributed by atoms with E-state index in [4.69, 9.17) is 16.3 Å². The molecule has 0 radical (unpaired) electrons. The van der Waals surface area contributed by atoms with E-state index >= 15 is 0 Å². The van der Waals surface area contributed by atoms with E-state index in [1.165, 1.54) is 34.8 Å². The van der Waals surface area contributed by atoms with Crippen molar-refractivity contribution in [3.05, 3.63) is 40.7 Å². The highest BCUT2D eigenvalue weighted by Gasteiger charge is 2.29. The van der Waals surface area contributed by atoms with Gasteiger partial charge in [0, 0.05) is 19.3 Å². The average Bonchev–Trinajstić information content (AvgIpc) is 3.62. The zero-order chi connectivity index (χ0) is 27.9. The fourth-order valence-electron chi connectivity index (χ4n) is 4.84. The SMILES string of the molecule is Cc1cc(Nc2ncc(Cl)c(Nc3cn(C)nc3S(=O)(=O)C(C)C)n2)c(OC2CC2)cc1C1CCCCN1C. The highest BCUT2D eigenvalue weighted by Crippen LogP contribution is 2.40. The number of anilines is 4. The van der Waals surface area contributed by atoms with Crippen molar-refractivity contribution in [2.45, 2.75) is 75.3 Å². The molecule has 12 heteroatoms. The molecule has 2 fully saturated rings. The molecule has 1 unspecified atom stereocenters. The van der Waals surface area contributed by atoms with Crippen LogP contribution in [0.2, 0.25) is 5.02 Å². The number of likely N-dealkylation sites (tertiary alicyclic amines) is 1. The molecule has 0 bridgehead atoms. The van der Waals surface area contributed by atoms with Crippen LogP contribution in [0.25, 0.3) is 0 Å². The summed E-state index contributed by atoms with van der Waals surface area (Å²) in [5, 5.41) is 10.1. The van der Waals surface area contributed by atoms with E-state index in [9.17, 15) is 8.42 Å². The Bertz CT molecular complexity index is 1470. The first kappa shape index (κ1) is 27.7. The van der Waals surface area contributed by atoms with Gasteiger partial charge in [-0.1, -0.05) is 18.0 Å². The topological polar surface area (TPSA) is 114 Å². The summed E-state index contributed by atoms with van der Waals surface area (Å²) < 4.78 is 33.5. The van der Waals surface area contributed by atoms with Crippen molar-refractivity contribution in [2.24, 2.45) is 7.05 Å². The van der Waals surface area contributed by atoms with Gasteiger partial charge in [0.25, 0.3) is 0 Å². The maximum absolute atomic E-state index is 12.9. The van der Waals surface area contributed by atoms with Crippen molar-refractivity contribution in [2.75, 3.05) is 24.2 Å². The van der Waals surface area contributed by atoms with Gasteiger partial charge in [-0.3, -0.25) is 9.58 Å². The summed E-state index contributed by atoms with van der Waals surface area (Å²) in [6.07, 6.45) is 8.96. The summed E-state index contributed by atoms with van der Waals surface area (Å²) in [7, 11) is 0.223. The van der Waals surface area contributed by atoms with Gasteiger partial charge in [-0.05, 0) is 83.3 Å². The molecule has 0 spiro atoms. The van der Waals surface area contributed by atoms with Gasteiger partial charge in [-0.15, -0.1) is 0 Å². The highest BCUT2D eigenvalue weighted by atomic mass is 35.5. The van der Waals surface area contributed by atoms with Gasteiger partial charge in [-0.25, -0.2) is 13.4 Å². The van der Waals surface area contributed by atoms with Crippen LogP contribution in [-0.2, 0) is 16.9 Å². The molecule has 0 amide bonds. The number of ether oxygens (including phenoxy) is 1. The summed E-state index contributed by atoms with van der Waals surface area (Å²) in [6.45, 7) is 6.45. The van der Waals surface area contributed by atoms with E-state index in [0.29, 0.717) is 17.7 Å². The van der Waals surface area contributed by atoms with Gasteiger partial charge in [-0.2, -0.15) is 10.1 Å². The van der Waals surface area contributed by atoms with E-state index in [-0.39, 0.29) is 22.0 Å². The van der Waals surface area contributed by atoms with E-state index in [0.717, 1.165) is 37.2 Å². The Kier molecular flexibility index (Phi) is 7.76. The van der Waals surface area contributed by atoms with Gasteiger partial charge < -0.3 is 15.4 Å². The van der Waals surface area contributed by atoms with Gasteiger partial charge in [0.2, 0.25) is 20.8 Å². The average molecular weight is 574 g/mol. The van der Waals surface area contributed by atoms with E-state index in [1.54, 1.807) is 27.1 Å². The molecule has 1 saturated heterocycles. The Morgan fingerprint density at radius 1 is 1.10 bits per heavy atom. The Labute approximate surface area is 235 Å². The second-order valence-electron chi connectivity index (χ2n) is 10.8. The second kappa shape index (κ2) is 10.9. The summed E-state index contributed by atoms with van der Waals surface area (Å²) >= 11 is 6.42. The lowest BCUT2D eigenvalue weighted by molar-refractivity contribution is 0.186. The van der Waals surface area contributed by atoms with Gasteiger partial charge in [0.15, 0.2) is 5.82 Å². The van der Waals surface area contributed by atoms with Crippen molar-refractivity contribution < 1.29 is 13.2 Å². The molecule has 1 saturated carbocycles. The largest absolute Gasteiger partial charge is 0.488 e. The first-order valence-electron chi connectivity index (χ1n) is 13.4. The Morgan fingerprint density at radius 3 is 2.56 bits per heavy atom. The van der Waals surface area contributed by atoms with Crippen LogP contribution in [0.15, 0.2) is 29.6 Å². The Balaban J connectivity index is 1.45. The molecule has 2 aromatic heterocycles. The molecule has 3 aromatic rings. The number of halogens is 1. The molecule has 39 heavy (non-hydrogen) atoms. The number of aryl methyl sites for hydroxylation is 2. The summed E-state index contributed by atoms with van der Waals surface area (Å²) in [6, 6.07) is 4.62. The number of hydrogen-bond donors (Lipinski definition) is 2. The molecule has 1 aliphatic carbocycles. The van der Waals surface area contributed by atoms with Crippen LogP contribution in [0, 0.1) is 6.92 Å². The molecule has 2 N–H and O–H groups in total. The van der Waals surface area contributed by atoms with Crippen LogP contribution < -0.4 is 15.4 Å². The molecular formula is C27H36ClN7O3S. The minimum absolute atomic E-state index is 0.0526. The number of piperidine rings is 1. The number of nitrogens with zero attached hydrogens (tertiary/aromatic N) is 5. The fourth-order valence-corrected chi connectivity index (χ4v) is 6.08. The van der Waals surface area contributed by atoms with Crippen LogP contribution in [-0.4, -0.2) is 58.0 Å². The zero-order valence-electron chi connectivity index (χ0n) is 23.0. The van der Waals surface area contributed by atoms with Crippen molar-refractivity contribution in [1.82, 2.24) is 24.6 Å². The third-order valence-electron chi connectivity index (χ3n) is 7.24. The minimum atomic E-state index is -3.63. The third kappa shape index (κ3) is 6.00. The minimum Gasteiger partial charge on any atom is -0.488 e. The predicted molar refractivity (Wildman–Crippen MR) is 153 cm³/mol. The van der Waals surface area contributed by atoms with Crippen molar-refractivity contribution >= 4 is 44.6 Å². The monoisotopic (exact) mass is 573 g/mol. The number of rotatable bonds is 9. The highest BCUT2D eigenvalue weighted by molar-refractivity contribution is 7.92. The first-order valence-corrected chi connectivity index (χ1v) is 15.3.